The molecular weight excluding hydrogens is 930 g/mol. The summed E-state index contributed by atoms with van der Waals surface area (Å²) in [5.41, 5.74) is 7.64. The molecule has 2 N–H and O–H groups in total. The lowest BCUT2D eigenvalue weighted by Crippen LogP contribution is -2.50. The molecule has 3 aromatic heterocycles. The van der Waals surface area contributed by atoms with Gasteiger partial charge in [0.25, 0.3) is 5.56 Å². The quantitative estimate of drug-likeness (QED) is 0.137. The highest BCUT2D eigenvalue weighted by atomic mass is 35.5. The van der Waals surface area contributed by atoms with Gasteiger partial charge in [-0.2, -0.15) is 4.98 Å². The Bertz CT molecular complexity index is 2960. The monoisotopic (exact) mass is 989 g/mol. The Morgan fingerprint density at radius 3 is 2.41 bits per heavy atom. The number of hydrogen-bond donors (Lipinski definition) is 2. The molecule has 2 amide bonds. The number of nitrogens with zero attached hydrogens (tertiary/aromatic N) is 8. The molecule has 1 saturated carbocycles. The molecule has 4 atom stereocenters. The van der Waals surface area contributed by atoms with Gasteiger partial charge in [0.1, 0.15) is 23.1 Å². The summed E-state index contributed by atoms with van der Waals surface area (Å²) in [4.78, 5) is 55.4. The summed E-state index contributed by atoms with van der Waals surface area (Å²) in [5, 5.41) is 24.5. The van der Waals surface area contributed by atoms with Gasteiger partial charge in [-0.3, -0.25) is 19.0 Å². The Hall–Kier alpha value is -4.99. The third-order valence-electron chi connectivity index (χ3n) is 15.5. The van der Waals surface area contributed by atoms with Gasteiger partial charge in [0.2, 0.25) is 11.8 Å². The zero-order valence-corrected chi connectivity index (χ0v) is 42.5. The maximum Gasteiger partial charge on any atom is 0.282 e. The first-order chi connectivity index (χ1) is 33.0. The summed E-state index contributed by atoms with van der Waals surface area (Å²) in [7, 11) is 0. The minimum atomic E-state index is -0.822. The Balaban J connectivity index is 0.742. The maximum atomic E-state index is 14.6. The van der Waals surface area contributed by atoms with E-state index in [4.69, 9.17) is 23.2 Å². The summed E-state index contributed by atoms with van der Waals surface area (Å²) < 4.78 is 3.85. The molecule has 0 spiro atoms. The van der Waals surface area contributed by atoms with E-state index in [1.54, 1.807) is 21.2 Å². The van der Waals surface area contributed by atoms with Crippen LogP contribution in [-0.4, -0.2) is 94.6 Å². The van der Waals surface area contributed by atoms with Crippen LogP contribution in [0.25, 0.3) is 27.0 Å². The normalized spacial score (nSPS) is 22.7. The molecule has 69 heavy (non-hydrogen) atoms. The number of aliphatic hydroxyl groups excluding tert-OH is 1. The molecule has 2 saturated heterocycles. The fraction of sp³-hybridized carbons (Fsp3) is 0.491. The minimum absolute atomic E-state index is 0.0722. The Morgan fingerprint density at radius 1 is 0.971 bits per heavy atom. The van der Waals surface area contributed by atoms with E-state index in [1.807, 2.05) is 70.3 Å². The van der Waals surface area contributed by atoms with Crippen molar-refractivity contribution in [3.63, 3.8) is 0 Å². The van der Waals surface area contributed by atoms with Crippen LogP contribution in [0.5, 0.6) is 0 Å². The molecule has 4 aliphatic rings. The van der Waals surface area contributed by atoms with Gasteiger partial charge in [-0.25, -0.2) is 9.67 Å². The predicted molar refractivity (Wildman–Crippen MR) is 271 cm³/mol. The van der Waals surface area contributed by atoms with E-state index < -0.39 is 29.0 Å². The highest BCUT2D eigenvalue weighted by Crippen LogP contribution is 2.45. The number of aliphatic hydroxyl groups is 1. The second kappa shape index (κ2) is 18.6. The van der Waals surface area contributed by atoms with Gasteiger partial charge in [0, 0.05) is 31.6 Å². The Labute approximate surface area is 417 Å². The third kappa shape index (κ3) is 9.05. The van der Waals surface area contributed by atoms with Gasteiger partial charge in [0.15, 0.2) is 0 Å². The minimum Gasteiger partial charge on any atom is -0.391 e. The lowest BCUT2D eigenvalue weighted by atomic mass is 9.80. The molecule has 3 aliphatic heterocycles. The van der Waals surface area contributed by atoms with Crippen molar-refractivity contribution in [2.24, 2.45) is 11.3 Å². The third-order valence-corrected chi connectivity index (χ3v) is 17.1. The number of nitrogens with one attached hydrogen (secondary N) is 1. The second-order valence-corrected chi connectivity index (χ2v) is 23.1. The van der Waals surface area contributed by atoms with Crippen molar-refractivity contribution in [1.82, 2.24) is 44.6 Å². The van der Waals surface area contributed by atoms with E-state index in [-0.39, 0.29) is 42.3 Å². The van der Waals surface area contributed by atoms with Crippen LogP contribution in [0.2, 0.25) is 10.2 Å². The Morgan fingerprint density at radius 2 is 1.71 bits per heavy atom. The molecule has 0 unspecified atom stereocenters. The molecule has 13 nitrogen and oxygen atoms in total. The average molecular weight is 991 g/mol. The van der Waals surface area contributed by atoms with Crippen LogP contribution in [0.4, 0.5) is 0 Å². The summed E-state index contributed by atoms with van der Waals surface area (Å²) in [6, 6.07) is 18.5. The highest BCUT2D eigenvalue weighted by Gasteiger charge is 2.46. The van der Waals surface area contributed by atoms with Crippen LogP contribution in [0.1, 0.15) is 139 Å². The van der Waals surface area contributed by atoms with Gasteiger partial charge in [-0.15, -0.1) is 16.4 Å². The van der Waals surface area contributed by atoms with Crippen molar-refractivity contribution in [3.05, 3.63) is 121 Å². The van der Waals surface area contributed by atoms with E-state index in [2.05, 4.69) is 67.1 Å². The standard InChI is InChI=1S/C53H61Cl2N9O4S/c1-30(32-14-16-35(17-15-32)45-47(55)56-29-69-45)57-48(66)43-25-37(65)27-62(43)50(68)46(52(2,3)4)63-28-40(59-60-63)34-12-10-31(11-13-34)26-61-22-20-33(21-23-61)36-18-19-38-42(24-36)64-41-9-7-8-39(54)44(41)49(67)58-51(64)53(38,5)6/h7-9,14-19,24,28-31,33-34,37,43,46,65H,10-13,20-23,25-27H2,1-6H3,(H,57,66)/t30-,31?,34?,37+,43-,46+/m0/s1. The van der Waals surface area contributed by atoms with Crippen LogP contribution >= 0.6 is 34.5 Å². The number of β-amino-alcohol motifs (C(OH)–C–C–N with tert-alkyl or cyclic N) is 1. The van der Waals surface area contributed by atoms with E-state index >= 15 is 0 Å². The van der Waals surface area contributed by atoms with Crippen LogP contribution in [-0.2, 0) is 15.0 Å². The number of halogens is 2. The average Bonchev–Trinajstić information content (AvgIpc) is 4.12. The number of rotatable bonds is 10. The van der Waals surface area contributed by atoms with Gasteiger partial charge in [-0.05, 0) is 130 Å². The highest BCUT2D eigenvalue weighted by molar-refractivity contribution is 7.13. The summed E-state index contributed by atoms with van der Waals surface area (Å²) in [6.45, 7) is 15.5. The first-order valence-corrected chi connectivity index (χ1v) is 26.1. The SMILES string of the molecule is C[C@H](NC(=O)[C@@H]1C[C@@H](O)CN1C(=O)[C@@H](n1cc(C2CCC(CN3CCC(c4ccc5c(c4)-n4c(nc(=O)c6c(Cl)cccc64)C5(C)C)CC3)CC2)nn1)C(C)(C)C)c1ccc(-c2scnc2Cl)cc1. The summed E-state index contributed by atoms with van der Waals surface area (Å²) in [5.74, 6) is 1.53. The van der Waals surface area contributed by atoms with Gasteiger partial charge in [-0.1, -0.05) is 91.7 Å². The molecule has 0 radical (unpaired) electrons. The van der Waals surface area contributed by atoms with Crippen molar-refractivity contribution < 1.29 is 14.7 Å². The molecule has 362 valence electrons. The molecule has 10 rings (SSSR count). The maximum absolute atomic E-state index is 14.6. The van der Waals surface area contributed by atoms with E-state index in [9.17, 15) is 19.5 Å². The number of likely N-dealkylation sites (tertiary alicyclic amines) is 2. The van der Waals surface area contributed by atoms with Crippen LogP contribution in [0.15, 0.2) is 77.2 Å². The van der Waals surface area contributed by atoms with Crippen LogP contribution in [0.3, 0.4) is 0 Å². The van der Waals surface area contributed by atoms with Crippen molar-refractivity contribution in [1.29, 1.82) is 0 Å². The van der Waals surface area contributed by atoms with E-state index in [0.29, 0.717) is 27.4 Å². The van der Waals surface area contributed by atoms with Crippen LogP contribution in [0, 0.1) is 11.3 Å². The molecule has 0 bridgehead atoms. The molecule has 6 heterocycles. The molecule has 3 fully saturated rings. The number of benzene rings is 3. The molecule has 3 aromatic carbocycles. The van der Waals surface area contributed by atoms with Crippen LogP contribution < -0.4 is 10.9 Å². The molecule has 6 aromatic rings. The molecular formula is C53H61Cl2N9O4S. The predicted octanol–water partition coefficient (Wildman–Crippen LogP) is 9.63. The number of fused-ring (bicyclic) bond motifs is 5. The first-order valence-electron chi connectivity index (χ1n) is 24.4. The topological polar surface area (TPSA) is 151 Å². The number of carbonyl (C=O) groups excluding carboxylic acids is 2. The molecule has 1 aliphatic carbocycles. The zero-order chi connectivity index (χ0) is 48.5. The van der Waals surface area contributed by atoms with Gasteiger partial charge >= 0.3 is 0 Å². The zero-order valence-electron chi connectivity index (χ0n) is 40.2. The van der Waals surface area contributed by atoms with E-state index in [0.717, 1.165) is 96.9 Å². The smallest absolute Gasteiger partial charge is 0.282 e. The van der Waals surface area contributed by atoms with Gasteiger partial charge < -0.3 is 20.2 Å². The van der Waals surface area contributed by atoms with Crippen molar-refractivity contribution in [2.45, 2.75) is 128 Å². The number of carbonyl (C=O) groups is 2. The van der Waals surface area contributed by atoms with Crippen molar-refractivity contribution in [2.75, 3.05) is 26.2 Å². The number of aromatic nitrogens is 6. The largest absolute Gasteiger partial charge is 0.391 e. The number of hydrogen-bond acceptors (Lipinski definition) is 10. The lowest BCUT2D eigenvalue weighted by Gasteiger charge is -2.36. The summed E-state index contributed by atoms with van der Waals surface area (Å²) in [6.07, 6.45) is 7.73. The number of thiazole rings is 1. The second-order valence-electron chi connectivity index (χ2n) is 21.5. The fourth-order valence-electron chi connectivity index (χ4n) is 11.7. The lowest BCUT2D eigenvalue weighted by molar-refractivity contribution is -0.144. The van der Waals surface area contributed by atoms with Gasteiger partial charge in [0.05, 0.1) is 55.3 Å². The summed E-state index contributed by atoms with van der Waals surface area (Å²) >= 11 is 14.3. The van der Waals surface area contributed by atoms with Crippen molar-refractivity contribution >= 4 is 57.3 Å². The first kappa shape index (κ1) is 47.7. The fourth-order valence-corrected chi connectivity index (χ4v) is 12.9. The number of amides is 2. The number of piperidine rings is 1. The van der Waals surface area contributed by atoms with Crippen molar-refractivity contribution in [3.8, 4) is 16.1 Å². The van der Waals surface area contributed by atoms with E-state index in [1.165, 1.54) is 22.5 Å². The Kier molecular flexibility index (Phi) is 12.9. The molecule has 16 heteroatoms.